The molecule has 0 spiro atoms. The monoisotopic (exact) mass is 329 g/mol. The van der Waals surface area contributed by atoms with Crippen molar-refractivity contribution in [1.29, 1.82) is 0 Å². The highest BCUT2D eigenvalue weighted by atomic mass is 79.9. The molecule has 1 aromatic carbocycles. The summed E-state index contributed by atoms with van der Waals surface area (Å²) in [4.78, 5) is 2.32. The Morgan fingerprint density at radius 3 is 3.00 bits per heavy atom. The molecule has 2 rings (SSSR count). The van der Waals surface area contributed by atoms with E-state index in [1.165, 1.54) is 5.56 Å². The van der Waals surface area contributed by atoms with Gasteiger partial charge in [0.15, 0.2) is 0 Å². The number of methoxy groups -OCH3 is 1. The van der Waals surface area contributed by atoms with Gasteiger partial charge in [-0.25, -0.2) is 0 Å². The number of morpholine rings is 1. The van der Waals surface area contributed by atoms with E-state index in [1.807, 2.05) is 18.2 Å². The van der Waals surface area contributed by atoms with Gasteiger partial charge in [0.05, 0.1) is 26.4 Å². The maximum absolute atomic E-state index is 9.22. The highest BCUT2D eigenvalue weighted by Crippen LogP contribution is 2.25. The van der Waals surface area contributed by atoms with Gasteiger partial charge in [-0.3, -0.25) is 4.90 Å². The Balaban J connectivity index is 2.10. The molecule has 4 nitrogen and oxygen atoms in total. The van der Waals surface area contributed by atoms with Gasteiger partial charge >= 0.3 is 0 Å². The molecule has 2 atom stereocenters. The van der Waals surface area contributed by atoms with Crippen LogP contribution in [0.1, 0.15) is 12.5 Å². The molecule has 0 bridgehead atoms. The summed E-state index contributed by atoms with van der Waals surface area (Å²) in [6, 6.07) is 6.33. The fraction of sp³-hybridized carbons (Fsp3) is 0.571. The van der Waals surface area contributed by atoms with Crippen LogP contribution in [-0.2, 0) is 11.3 Å². The van der Waals surface area contributed by atoms with E-state index >= 15 is 0 Å². The predicted molar refractivity (Wildman–Crippen MR) is 77.4 cm³/mol. The minimum absolute atomic E-state index is 0.0719. The summed E-state index contributed by atoms with van der Waals surface area (Å²) in [6.45, 7) is 4.44. The van der Waals surface area contributed by atoms with Gasteiger partial charge < -0.3 is 14.6 Å². The maximum Gasteiger partial charge on any atom is 0.119 e. The fourth-order valence-corrected chi connectivity index (χ4v) is 2.60. The molecule has 2 unspecified atom stereocenters. The number of aliphatic hydroxyl groups is 1. The molecule has 1 saturated heterocycles. The van der Waals surface area contributed by atoms with Gasteiger partial charge in [-0.15, -0.1) is 0 Å². The summed E-state index contributed by atoms with van der Waals surface area (Å²) < 4.78 is 11.9. The second kappa shape index (κ2) is 6.70. The van der Waals surface area contributed by atoms with Crippen molar-refractivity contribution in [2.75, 3.05) is 26.9 Å². The standard InChI is InChI=1S/C14H20BrNO3/c1-10-9-19-13(8-17)7-16(10)6-11-5-12(18-2)3-4-14(11)15/h3-5,10,13,17H,6-9H2,1-2H3. The molecule has 0 aliphatic carbocycles. The number of aliphatic hydroxyl groups excluding tert-OH is 1. The summed E-state index contributed by atoms with van der Waals surface area (Å²) in [7, 11) is 1.67. The van der Waals surface area contributed by atoms with Crippen molar-refractivity contribution in [3.8, 4) is 5.75 Å². The Hall–Kier alpha value is -0.620. The van der Waals surface area contributed by atoms with E-state index < -0.39 is 0 Å². The van der Waals surface area contributed by atoms with E-state index in [0.717, 1.165) is 23.3 Å². The van der Waals surface area contributed by atoms with Gasteiger partial charge in [-0.1, -0.05) is 15.9 Å². The predicted octanol–water partition coefficient (Wildman–Crippen LogP) is 2.04. The minimum Gasteiger partial charge on any atom is -0.497 e. The lowest BCUT2D eigenvalue weighted by Crippen LogP contribution is -2.48. The Kier molecular flexibility index (Phi) is 5.21. The van der Waals surface area contributed by atoms with Gasteiger partial charge in [0.1, 0.15) is 5.75 Å². The molecule has 106 valence electrons. The smallest absolute Gasteiger partial charge is 0.119 e. The Bertz CT molecular complexity index is 427. The topological polar surface area (TPSA) is 41.9 Å². The molecular weight excluding hydrogens is 310 g/mol. The second-order valence-corrected chi connectivity index (χ2v) is 5.73. The molecule has 0 radical (unpaired) electrons. The normalized spacial score (nSPS) is 24.4. The molecule has 1 aliphatic rings. The third kappa shape index (κ3) is 3.69. The Labute approximate surface area is 122 Å². The summed E-state index contributed by atoms with van der Waals surface area (Å²) in [5.74, 6) is 0.859. The molecule has 0 amide bonds. The first-order valence-electron chi connectivity index (χ1n) is 6.43. The maximum atomic E-state index is 9.22. The van der Waals surface area contributed by atoms with Gasteiger partial charge in [0.2, 0.25) is 0 Å². The summed E-state index contributed by atoms with van der Waals surface area (Å²) in [5.41, 5.74) is 1.18. The molecular formula is C14H20BrNO3. The van der Waals surface area contributed by atoms with Crippen LogP contribution in [0.5, 0.6) is 5.75 Å². The van der Waals surface area contributed by atoms with Crippen LogP contribution < -0.4 is 4.74 Å². The van der Waals surface area contributed by atoms with Crippen LogP contribution in [0.4, 0.5) is 0 Å². The van der Waals surface area contributed by atoms with Crippen LogP contribution in [0.3, 0.4) is 0 Å². The lowest BCUT2D eigenvalue weighted by atomic mass is 10.1. The summed E-state index contributed by atoms with van der Waals surface area (Å²) in [5, 5.41) is 9.22. The van der Waals surface area contributed by atoms with E-state index in [2.05, 4.69) is 27.8 Å². The quantitative estimate of drug-likeness (QED) is 0.917. The first-order chi connectivity index (χ1) is 9.13. The van der Waals surface area contributed by atoms with E-state index in [4.69, 9.17) is 9.47 Å². The van der Waals surface area contributed by atoms with Crippen molar-refractivity contribution in [1.82, 2.24) is 4.90 Å². The van der Waals surface area contributed by atoms with Crippen LogP contribution in [0.25, 0.3) is 0 Å². The number of halogens is 1. The number of hydrogen-bond donors (Lipinski definition) is 1. The van der Waals surface area contributed by atoms with Crippen LogP contribution in [-0.4, -0.2) is 49.0 Å². The average molecular weight is 330 g/mol. The highest BCUT2D eigenvalue weighted by Gasteiger charge is 2.26. The zero-order valence-electron chi connectivity index (χ0n) is 11.3. The SMILES string of the molecule is COc1ccc(Br)c(CN2CC(CO)OCC2C)c1. The Morgan fingerprint density at radius 1 is 1.53 bits per heavy atom. The van der Waals surface area contributed by atoms with Crippen LogP contribution >= 0.6 is 15.9 Å². The van der Waals surface area contributed by atoms with Crippen molar-refractivity contribution < 1.29 is 14.6 Å². The largest absolute Gasteiger partial charge is 0.497 e. The zero-order chi connectivity index (χ0) is 13.8. The van der Waals surface area contributed by atoms with Gasteiger partial charge in [0.25, 0.3) is 0 Å². The molecule has 0 saturated carbocycles. The lowest BCUT2D eigenvalue weighted by Gasteiger charge is -2.37. The van der Waals surface area contributed by atoms with E-state index in [0.29, 0.717) is 12.6 Å². The highest BCUT2D eigenvalue weighted by molar-refractivity contribution is 9.10. The minimum atomic E-state index is -0.0828. The number of rotatable bonds is 4. The van der Waals surface area contributed by atoms with Crippen molar-refractivity contribution in [2.24, 2.45) is 0 Å². The van der Waals surface area contributed by atoms with Gasteiger partial charge in [-0.2, -0.15) is 0 Å². The van der Waals surface area contributed by atoms with Crippen LogP contribution in [0.15, 0.2) is 22.7 Å². The third-order valence-electron chi connectivity index (χ3n) is 3.46. The third-order valence-corrected chi connectivity index (χ3v) is 4.24. The number of ether oxygens (including phenoxy) is 2. The average Bonchev–Trinajstić information content (AvgIpc) is 2.43. The van der Waals surface area contributed by atoms with Gasteiger partial charge in [0, 0.05) is 23.6 Å². The fourth-order valence-electron chi connectivity index (χ4n) is 2.22. The van der Waals surface area contributed by atoms with Crippen molar-refractivity contribution >= 4 is 15.9 Å². The molecule has 1 aromatic rings. The number of nitrogens with zero attached hydrogens (tertiary/aromatic N) is 1. The van der Waals surface area contributed by atoms with Crippen LogP contribution in [0.2, 0.25) is 0 Å². The number of benzene rings is 1. The molecule has 0 aromatic heterocycles. The van der Waals surface area contributed by atoms with E-state index in [1.54, 1.807) is 7.11 Å². The second-order valence-electron chi connectivity index (χ2n) is 4.87. The molecule has 1 fully saturated rings. The van der Waals surface area contributed by atoms with E-state index in [9.17, 15) is 5.11 Å². The molecule has 5 heteroatoms. The van der Waals surface area contributed by atoms with E-state index in [-0.39, 0.29) is 12.7 Å². The molecule has 1 N–H and O–H groups in total. The lowest BCUT2D eigenvalue weighted by molar-refractivity contribution is -0.0806. The van der Waals surface area contributed by atoms with Gasteiger partial charge in [-0.05, 0) is 30.7 Å². The van der Waals surface area contributed by atoms with Crippen molar-refractivity contribution in [2.45, 2.75) is 25.6 Å². The van der Waals surface area contributed by atoms with Crippen LogP contribution in [0, 0.1) is 0 Å². The first-order valence-corrected chi connectivity index (χ1v) is 7.22. The van der Waals surface area contributed by atoms with Crippen molar-refractivity contribution in [3.63, 3.8) is 0 Å². The first kappa shape index (κ1) is 14.8. The molecule has 1 heterocycles. The summed E-state index contributed by atoms with van der Waals surface area (Å²) in [6.07, 6.45) is -0.0828. The zero-order valence-corrected chi connectivity index (χ0v) is 12.9. The Morgan fingerprint density at radius 2 is 2.32 bits per heavy atom. The number of hydrogen-bond acceptors (Lipinski definition) is 4. The van der Waals surface area contributed by atoms with Crippen molar-refractivity contribution in [3.05, 3.63) is 28.2 Å². The summed E-state index contributed by atoms with van der Waals surface area (Å²) >= 11 is 3.58. The molecule has 1 aliphatic heterocycles. The molecule has 19 heavy (non-hydrogen) atoms.